The summed E-state index contributed by atoms with van der Waals surface area (Å²) >= 11 is 0. The van der Waals surface area contributed by atoms with Crippen molar-refractivity contribution < 1.29 is 10.2 Å². The zero-order chi connectivity index (χ0) is 13.8. The number of nitrogens with one attached hydrogen (secondary N) is 2. The summed E-state index contributed by atoms with van der Waals surface area (Å²) in [7, 11) is 1.00. The zero-order valence-corrected chi connectivity index (χ0v) is 10.8. The fraction of sp³-hybridized carbons (Fsp3) is 0.500. The minimum absolute atomic E-state index is 0.177. The summed E-state index contributed by atoms with van der Waals surface area (Å²) in [6, 6.07) is 0.416. The van der Waals surface area contributed by atoms with Gasteiger partial charge in [0.15, 0.2) is 5.82 Å². The van der Waals surface area contributed by atoms with E-state index in [4.69, 9.17) is 15.9 Å². The summed E-state index contributed by atoms with van der Waals surface area (Å²) in [4.78, 5) is 11.3. The standard InChI is InChI=1S/C11H15N5O.CH4O/c12-11-10-9(14-5-15-11)7(3-13-10)8-2-1-6(4-17)16-8;1-2/h3,5-6,8,13,16-17H,1-2,4H2,(H2,12,14,15);2H,1H3. The molecule has 0 saturated carbocycles. The molecule has 7 nitrogen and oxygen atoms in total. The quantitative estimate of drug-likeness (QED) is 0.518. The third kappa shape index (κ3) is 2.53. The van der Waals surface area contributed by atoms with Crippen LogP contribution in [0.1, 0.15) is 24.4 Å². The van der Waals surface area contributed by atoms with Gasteiger partial charge < -0.3 is 26.2 Å². The number of rotatable bonds is 2. The average Bonchev–Trinajstić information content (AvgIpc) is 3.07. The number of anilines is 1. The highest BCUT2D eigenvalue weighted by atomic mass is 16.3. The molecule has 0 radical (unpaired) electrons. The lowest BCUT2D eigenvalue weighted by Crippen LogP contribution is -2.27. The van der Waals surface area contributed by atoms with Crippen molar-refractivity contribution in [1.82, 2.24) is 20.3 Å². The molecule has 2 aromatic rings. The molecule has 0 spiro atoms. The fourth-order valence-electron chi connectivity index (χ4n) is 2.45. The van der Waals surface area contributed by atoms with E-state index >= 15 is 0 Å². The van der Waals surface area contributed by atoms with Crippen LogP contribution in [-0.2, 0) is 0 Å². The minimum atomic E-state index is 0.177. The predicted octanol–water partition coefficient (Wildman–Crippen LogP) is -0.0660. The number of nitrogens with zero attached hydrogens (tertiary/aromatic N) is 2. The highest BCUT2D eigenvalue weighted by Gasteiger charge is 2.26. The van der Waals surface area contributed by atoms with Crippen molar-refractivity contribution in [2.75, 3.05) is 19.5 Å². The topological polar surface area (TPSA) is 120 Å². The first-order valence-electron chi connectivity index (χ1n) is 6.18. The van der Waals surface area contributed by atoms with Crippen LogP contribution in [0, 0.1) is 0 Å². The Morgan fingerprint density at radius 3 is 2.84 bits per heavy atom. The molecule has 2 atom stereocenters. The molecular formula is C12H19N5O2. The number of fused-ring (bicyclic) bond motifs is 1. The molecule has 2 aromatic heterocycles. The first kappa shape index (κ1) is 13.7. The van der Waals surface area contributed by atoms with Crippen LogP contribution in [0.5, 0.6) is 0 Å². The highest BCUT2D eigenvalue weighted by Crippen LogP contribution is 2.31. The second-order valence-corrected chi connectivity index (χ2v) is 4.40. The Labute approximate surface area is 110 Å². The lowest BCUT2D eigenvalue weighted by atomic mass is 10.1. The van der Waals surface area contributed by atoms with Crippen LogP contribution >= 0.6 is 0 Å². The summed E-state index contributed by atoms with van der Waals surface area (Å²) in [5, 5.41) is 19.5. The molecule has 0 aromatic carbocycles. The number of nitrogens with two attached hydrogens (primary N) is 1. The van der Waals surface area contributed by atoms with Gasteiger partial charge in [-0.1, -0.05) is 0 Å². The Kier molecular flexibility index (Phi) is 4.31. The van der Waals surface area contributed by atoms with Crippen LogP contribution < -0.4 is 11.1 Å². The number of aromatic nitrogens is 3. The number of hydrogen-bond donors (Lipinski definition) is 5. The maximum Gasteiger partial charge on any atom is 0.151 e. The second kappa shape index (κ2) is 5.96. The third-order valence-electron chi connectivity index (χ3n) is 3.36. The summed E-state index contributed by atoms with van der Waals surface area (Å²) in [6.07, 6.45) is 5.39. The summed E-state index contributed by atoms with van der Waals surface area (Å²) in [5.41, 5.74) is 8.54. The predicted molar refractivity (Wildman–Crippen MR) is 72.4 cm³/mol. The Morgan fingerprint density at radius 1 is 1.37 bits per heavy atom. The molecule has 0 aliphatic carbocycles. The molecular weight excluding hydrogens is 246 g/mol. The lowest BCUT2D eigenvalue weighted by Gasteiger charge is -2.11. The van der Waals surface area contributed by atoms with Crippen molar-refractivity contribution in [2.24, 2.45) is 0 Å². The molecule has 0 amide bonds. The number of nitrogen functional groups attached to an aromatic ring is 1. The van der Waals surface area contributed by atoms with Gasteiger partial charge in [-0.3, -0.25) is 0 Å². The van der Waals surface area contributed by atoms with Crippen LogP contribution in [0.4, 0.5) is 5.82 Å². The molecule has 1 aliphatic rings. The molecule has 1 saturated heterocycles. The fourth-order valence-corrected chi connectivity index (χ4v) is 2.45. The van der Waals surface area contributed by atoms with E-state index in [0.29, 0.717) is 5.82 Å². The largest absolute Gasteiger partial charge is 0.400 e. The van der Waals surface area contributed by atoms with Crippen molar-refractivity contribution >= 4 is 16.9 Å². The number of hydrogen-bond acceptors (Lipinski definition) is 6. The van der Waals surface area contributed by atoms with Crippen LogP contribution in [0.2, 0.25) is 0 Å². The Bertz CT molecular complexity index is 542. The van der Waals surface area contributed by atoms with E-state index < -0.39 is 0 Å². The van der Waals surface area contributed by atoms with Gasteiger partial charge in [0.25, 0.3) is 0 Å². The number of aliphatic hydroxyl groups is 2. The van der Waals surface area contributed by atoms with Gasteiger partial charge in [0.05, 0.1) is 12.1 Å². The van der Waals surface area contributed by atoms with E-state index in [1.807, 2.05) is 6.20 Å². The molecule has 19 heavy (non-hydrogen) atoms. The van der Waals surface area contributed by atoms with E-state index in [1.54, 1.807) is 0 Å². The minimum Gasteiger partial charge on any atom is -0.400 e. The summed E-state index contributed by atoms with van der Waals surface area (Å²) in [5.74, 6) is 0.470. The monoisotopic (exact) mass is 265 g/mol. The van der Waals surface area contributed by atoms with Crippen LogP contribution in [0.15, 0.2) is 12.5 Å². The number of aliphatic hydroxyl groups excluding tert-OH is 2. The summed E-state index contributed by atoms with van der Waals surface area (Å²) < 4.78 is 0. The lowest BCUT2D eigenvalue weighted by molar-refractivity contribution is 0.252. The Balaban J connectivity index is 0.000000637. The van der Waals surface area contributed by atoms with Gasteiger partial charge in [-0.2, -0.15) is 0 Å². The van der Waals surface area contributed by atoms with E-state index in [1.165, 1.54) is 6.33 Å². The van der Waals surface area contributed by atoms with Gasteiger partial charge in [0, 0.05) is 31.0 Å². The number of H-pyrrole nitrogens is 1. The van der Waals surface area contributed by atoms with Crippen molar-refractivity contribution in [3.8, 4) is 0 Å². The van der Waals surface area contributed by atoms with Crippen LogP contribution in [0.3, 0.4) is 0 Å². The molecule has 6 N–H and O–H groups in total. The molecule has 7 heteroatoms. The maximum atomic E-state index is 9.12. The molecule has 0 bridgehead atoms. The SMILES string of the molecule is CO.Nc1ncnc2c(C3CCC(CO)N3)c[nH]c12. The van der Waals surface area contributed by atoms with Gasteiger partial charge >= 0.3 is 0 Å². The smallest absolute Gasteiger partial charge is 0.151 e. The van der Waals surface area contributed by atoms with Gasteiger partial charge in [-0.05, 0) is 12.8 Å². The Morgan fingerprint density at radius 2 is 2.16 bits per heavy atom. The van der Waals surface area contributed by atoms with E-state index in [9.17, 15) is 0 Å². The van der Waals surface area contributed by atoms with E-state index in [2.05, 4.69) is 20.3 Å². The van der Waals surface area contributed by atoms with Crippen molar-refractivity contribution in [3.63, 3.8) is 0 Å². The third-order valence-corrected chi connectivity index (χ3v) is 3.36. The van der Waals surface area contributed by atoms with Gasteiger partial charge in [0.2, 0.25) is 0 Å². The van der Waals surface area contributed by atoms with E-state index in [0.717, 1.165) is 36.5 Å². The van der Waals surface area contributed by atoms with Crippen LogP contribution in [0.25, 0.3) is 11.0 Å². The summed E-state index contributed by atoms with van der Waals surface area (Å²) in [6.45, 7) is 0.177. The normalized spacial score (nSPS) is 22.3. The Hall–Kier alpha value is -1.70. The molecule has 3 heterocycles. The van der Waals surface area contributed by atoms with Crippen LogP contribution in [-0.4, -0.2) is 44.9 Å². The average molecular weight is 265 g/mol. The van der Waals surface area contributed by atoms with Crippen molar-refractivity contribution in [2.45, 2.75) is 24.9 Å². The number of aromatic amines is 1. The highest BCUT2D eigenvalue weighted by molar-refractivity contribution is 5.87. The van der Waals surface area contributed by atoms with E-state index in [-0.39, 0.29) is 18.7 Å². The molecule has 3 rings (SSSR count). The first-order valence-corrected chi connectivity index (χ1v) is 6.18. The molecule has 1 fully saturated rings. The molecule has 1 aliphatic heterocycles. The second-order valence-electron chi connectivity index (χ2n) is 4.40. The first-order chi connectivity index (χ1) is 9.29. The molecule has 2 unspecified atom stereocenters. The molecule has 104 valence electrons. The van der Waals surface area contributed by atoms with Gasteiger partial charge in [-0.15, -0.1) is 0 Å². The van der Waals surface area contributed by atoms with Gasteiger partial charge in [0.1, 0.15) is 11.8 Å². The maximum absolute atomic E-state index is 9.12. The zero-order valence-electron chi connectivity index (χ0n) is 10.8. The van der Waals surface area contributed by atoms with Gasteiger partial charge in [-0.25, -0.2) is 9.97 Å². The van der Waals surface area contributed by atoms with Crippen molar-refractivity contribution in [1.29, 1.82) is 0 Å². The van der Waals surface area contributed by atoms with Crippen molar-refractivity contribution in [3.05, 3.63) is 18.1 Å².